The summed E-state index contributed by atoms with van der Waals surface area (Å²) in [5.74, 6) is -0.157. The van der Waals surface area contributed by atoms with Crippen LogP contribution in [0.2, 0.25) is 5.02 Å². The summed E-state index contributed by atoms with van der Waals surface area (Å²) in [6.45, 7) is 2.64. The molecular formula is C25H23ClFNOS. The molecule has 5 heteroatoms. The molecule has 0 aliphatic carbocycles. The molecule has 1 aliphatic rings. The Kier molecular flexibility index (Phi) is 6.88. The van der Waals surface area contributed by atoms with Crippen molar-refractivity contribution in [1.29, 1.82) is 0 Å². The predicted octanol–water partition coefficient (Wildman–Crippen LogP) is 6.73. The van der Waals surface area contributed by atoms with Crippen LogP contribution in [0, 0.1) is 11.7 Å². The van der Waals surface area contributed by atoms with Crippen LogP contribution in [0.5, 0.6) is 0 Å². The Bertz CT molecular complexity index is 998. The average molecular weight is 440 g/mol. The van der Waals surface area contributed by atoms with Crippen LogP contribution in [-0.4, -0.2) is 23.8 Å². The Morgan fingerprint density at radius 3 is 2.33 bits per heavy atom. The van der Waals surface area contributed by atoms with E-state index in [1.54, 1.807) is 23.9 Å². The standard InChI is InChI=1S/C25H23ClFNOS/c26-21-7-11-23(12-8-21)30-24-4-2-1-3-20(24)17-28-15-13-19(14-16-28)25(29)18-5-9-22(27)10-6-18/h1-12,19H,13-17H2. The van der Waals surface area contributed by atoms with Crippen LogP contribution in [0.15, 0.2) is 82.6 Å². The van der Waals surface area contributed by atoms with Crippen LogP contribution in [0.25, 0.3) is 0 Å². The maximum absolute atomic E-state index is 13.1. The molecule has 1 saturated heterocycles. The van der Waals surface area contributed by atoms with Crippen LogP contribution in [0.3, 0.4) is 0 Å². The first-order valence-electron chi connectivity index (χ1n) is 10.1. The number of hydrogen-bond donors (Lipinski definition) is 0. The Morgan fingerprint density at radius 2 is 1.63 bits per heavy atom. The van der Waals surface area contributed by atoms with E-state index in [1.807, 2.05) is 24.3 Å². The smallest absolute Gasteiger partial charge is 0.166 e. The number of carbonyl (C=O) groups excluding carboxylic acids is 1. The molecule has 1 heterocycles. The van der Waals surface area contributed by atoms with Crippen molar-refractivity contribution in [3.05, 3.63) is 94.8 Å². The minimum Gasteiger partial charge on any atom is -0.299 e. The lowest BCUT2D eigenvalue weighted by molar-refractivity contribution is 0.0834. The van der Waals surface area contributed by atoms with E-state index in [-0.39, 0.29) is 17.5 Å². The molecule has 0 N–H and O–H groups in total. The van der Waals surface area contributed by atoms with Gasteiger partial charge in [-0.1, -0.05) is 41.6 Å². The number of likely N-dealkylation sites (tertiary alicyclic amines) is 1. The van der Waals surface area contributed by atoms with Gasteiger partial charge in [0.1, 0.15) is 5.82 Å². The summed E-state index contributed by atoms with van der Waals surface area (Å²) in [6.07, 6.45) is 1.67. The zero-order chi connectivity index (χ0) is 20.9. The maximum Gasteiger partial charge on any atom is 0.166 e. The van der Waals surface area contributed by atoms with Crippen molar-refractivity contribution < 1.29 is 9.18 Å². The Labute approximate surface area is 186 Å². The lowest BCUT2D eigenvalue weighted by Crippen LogP contribution is -2.36. The fraction of sp³-hybridized carbons (Fsp3) is 0.240. The summed E-state index contributed by atoms with van der Waals surface area (Å²) in [5, 5.41) is 0.741. The topological polar surface area (TPSA) is 20.3 Å². The number of benzene rings is 3. The second-order valence-corrected chi connectivity index (χ2v) is 9.14. The highest BCUT2D eigenvalue weighted by molar-refractivity contribution is 7.99. The summed E-state index contributed by atoms with van der Waals surface area (Å²) < 4.78 is 13.1. The number of carbonyl (C=O) groups is 1. The second-order valence-electron chi connectivity index (χ2n) is 7.59. The van der Waals surface area contributed by atoms with E-state index in [4.69, 9.17) is 11.6 Å². The Balaban J connectivity index is 1.36. The maximum atomic E-state index is 13.1. The van der Waals surface area contributed by atoms with Gasteiger partial charge in [-0.25, -0.2) is 4.39 Å². The molecule has 0 saturated carbocycles. The van der Waals surface area contributed by atoms with Crippen molar-refractivity contribution in [3.8, 4) is 0 Å². The Hall–Kier alpha value is -2.14. The molecule has 3 aromatic rings. The first-order chi connectivity index (χ1) is 14.6. The summed E-state index contributed by atoms with van der Waals surface area (Å²) in [5.41, 5.74) is 1.90. The molecule has 0 spiro atoms. The molecule has 2 nitrogen and oxygen atoms in total. The summed E-state index contributed by atoms with van der Waals surface area (Å²) in [4.78, 5) is 17.5. The first kappa shape index (κ1) is 21.1. The average Bonchev–Trinajstić information content (AvgIpc) is 2.77. The number of ketones is 1. The van der Waals surface area contributed by atoms with Gasteiger partial charge in [0.2, 0.25) is 0 Å². The van der Waals surface area contributed by atoms with E-state index in [1.165, 1.54) is 22.6 Å². The van der Waals surface area contributed by atoms with Crippen molar-refractivity contribution in [2.75, 3.05) is 13.1 Å². The highest BCUT2D eigenvalue weighted by atomic mass is 35.5. The van der Waals surface area contributed by atoms with Gasteiger partial charge in [-0.2, -0.15) is 0 Å². The first-order valence-corrected chi connectivity index (χ1v) is 11.3. The van der Waals surface area contributed by atoms with Crippen molar-refractivity contribution >= 4 is 29.1 Å². The molecule has 0 radical (unpaired) electrons. The van der Waals surface area contributed by atoms with Gasteiger partial charge in [0, 0.05) is 32.8 Å². The van der Waals surface area contributed by atoms with Crippen LogP contribution < -0.4 is 0 Å². The van der Waals surface area contributed by atoms with Gasteiger partial charge in [-0.05, 0) is 86.1 Å². The zero-order valence-corrected chi connectivity index (χ0v) is 18.1. The van der Waals surface area contributed by atoms with E-state index >= 15 is 0 Å². The number of halogens is 2. The number of hydrogen-bond acceptors (Lipinski definition) is 3. The molecule has 154 valence electrons. The quantitative estimate of drug-likeness (QED) is 0.397. The molecule has 0 atom stereocenters. The predicted molar refractivity (Wildman–Crippen MR) is 121 cm³/mol. The number of rotatable bonds is 6. The fourth-order valence-corrected chi connectivity index (χ4v) is 4.87. The van der Waals surface area contributed by atoms with E-state index < -0.39 is 0 Å². The lowest BCUT2D eigenvalue weighted by atomic mass is 9.89. The Morgan fingerprint density at radius 1 is 0.967 bits per heavy atom. The van der Waals surface area contributed by atoms with Crippen LogP contribution in [0.4, 0.5) is 4.39 Å². The van der Waals surface area contributed by atoms with Gasteiger partial charge in [-0.15, -0.1) is 0 Å². The van der Waals surface area contributed by atoms with Crippen LogP contribution in [0.1, 0.15) is 28.8 Å². The molecule has 0 amide bonds. The van der Waals surface area contributed by atoms with Gasteiger partial charge < -0.3 is 0 Å². The van der Waals surface area contributed by atoms with Gasteiger partial charge in [0.15, 0.2) is 5.78 Å². The van der Waals surface area contributed by atoms with E-state index in [0.717, 1.165) is 42.4 Å². The number of nitrogens with zero attached hydrogens (tertiary/aromatic N) is 1. The molecule has 1 fully saturated rings. The van der Waals surface area contributed by atoms with Gasteiger partial charge in [0.05, 0.1) is 0 Å². The molecular weight excluding hydrogens is 417 g/mol. The summed E-state index contributed by atoms with van der Waals surface area (Å²) in [7, 11) is 0. The van der Waals surface area contributed by atoms with Crippen molar-refractivity contribution in [2.24, 2.45) is 5.92 Å². The van der Waals surface area contributed by atoms with E-state index in [2.05, 4.69) is 29.2 Å². The normalized spacial score (nSPS) is 15.3. The minimum absolute atomic E-state index is 0.0189. The third-order valence-electron chi connectivity index (χ3n) is 5.50. The van der Waals surface area contributed by atoms with Crippen molar-refractivity contribution in [2.45, 2.75) is 29.2 Å². The molecule has 0 unspecified atom stereocenters. The zero-order valence-electron chi connectivity index (χ0n) is 16.6. The van der Waals surface area contributed by atoms with Gasteiger partial charge in [0.25, 0.3) is 0 Å². The van der Waals surface area contributed by atoms with Crippen LogP contribution in [-0.2, 0) is 6.54 Å². The largest absolute Gasteiger partial charge is 0.299 e. The summed E-state index contributed by atoms with van der Waals surface area (Å²) >= 11 is 7.74. The number of piperidine rings is 1. The van der Waals surface area contributed by atoms with Crippen LogP contribution >= 0.6 is 23.4 Å². The van der Waals surface area contributed by atoms with Crippen molar-refractivity contribution in [3.63, 3.8) is 0 Å². The molecule has 1 aliphatic heterocycles. The second kappa shape index (κ2) is 9.78. The van der Waals surface area contributed by atoms with Gasteiger partial charge in [-0.3, -0.25) is 9.69 Å². The van der Waals surface area contributed by atoms with Gasteiger partial charge >= 0.3 is 0 Å². The fourth-order valence-electron chi connectivity index (χ4n) is 3.81. The van der Waals surface area contributed by atoms with E-state index in [9.17, 15) is 9.18 Å². The lowest BCUT2D eigenvalue weighted by Gasteiger charge is -2.31. The third kappa shape index (κ3) is 5.31. The molecule has 3 aromatic carbocycles. The monoisotopic (exact) mass is 439 g/mol. The highest BCUT2D eigenvalue weighted by Gasteiger charge is 2.26. The molecule has 4 rings (SSSR count). The minimum atomic E-state index is -0.309. The highest BCUT2D eigenvalue weighted by Crippen LogP contribution is 2.32. The third-order valence-corrected chi connectivity index (χ3v) is 6.87. The number of Topliss-reactive ketones (excluding diaryl/α,β-unsaturated/α-hetero) is 1. The molecule has 30 heavy (non-hydrogen) atoms. The van der Waals surface area contributed by atoms with Crippen molar-refractivity contribution in [1.82, 2.24) is 4.90 Å². The van der Waals surface area contributed by atoms with E-state index in [0.29, 0.717) is 5.56 Å². The SMILES string of the molecule is O=C(c1ccc(F)cc1)C1CCN(Cc2ccccc2Sc2ccc(Cl)cc2)CC1. The molecule has 0 bridgehead atoms. The summed E-state index contributed by atoms with van der Waals surface area (Å²) in [6, 6.07) is 22.3. The molecule has 0 aromatic heterocycles.